The normalized spacial score (nSPS) is 30.7. The molecule has 0 saturated heterocycles. The van der Waals surface area contributed by atoms with Crippen molar-refractivity contribution in [3.05, 3.63) is 23.8 Å². The zero-order valence-electron chi connectivity index (χ0n) is 13.4. The van der Waals surface area contributed by atoms with E-state index in [1.807, 2.05) is 18.2 Å². The molecule has 1 amide bonds. The molecule has 6 nitrogen and oxygen atoms in total. The number of carbonyl (C=O) groups excluding carboxylic acids is 1. The summed E-state index contributed by atoms with van der Waals surface area (Å²) in [7, 11) is 0. The molecule has 0 radical (unpaired) electrons. The first kappa shape index (κ1) is 15.3. The number of ether oxygens (including phenoxy) is 2. The van der Waals surface area contributed by atoms with Crippen LogP contribution in [0.4, 0.5) is 0 Å². The van der Waals surface area contributed by atoms with Crippen LogP contribution in [-0.4, -0.2) is 36.2 Å². The summed E-state index contributed by atoms with van der Waals surface area (Å²) in [6, 6.07) is 5.88. The first-order valence-electron chi connectivity index (χ1n) is 8.54. The van der Waals surface area contributed by atoms with Crippen LogP contribution in [0.5, 0.6) is 11.5 Å². The predicted octanol–water partition coefficient (Wildman–Crippen LogP) is 1.93. The fraction of sp³-hybridized carbons (Fsp3) is 0.556. The van der Waals surface area contributed by atoms with Gasteiger partial charge in [0.25, 0.3) is 0 Å². The van der Waals surface area contributed by atoms with E-state index in [-0.39, 0.29) is 29.7 Å². The lowest BCUT2D eigenvalue weighted by Gasteiger charge is -2.19. The van der Waals surface area contributed by atoms with Crippen molar-refractivity contribution in [3.8, 4) is 11.5 Å². The fourth-order valence-electron chi connectivity index (χ4n) is 3.79. The van der Waals surface area contributed by atoms with E-state index in [0.717, 1.165) is 29.9 Å². The van der Waals surface area contributed by atoms with Gasteiger partial charge in [-0.05, 0) is 49.3 Å². The van der Waals surface area contributed by atoms with Crippen molar-refractivity contribution in [3.63, 3.8) is 0 Å². The van der Waals surface area contributed by atoms with Crippen molar-refractivity contribution >= 4 is 11.9 Å². The molecule has 4 rings (SSSR count). The van der Waals surface area contributed by atoms with Crippen LogP contribution in [0.15, 0.2) is 18.2 Å². The lowest BCUT2D eigenvalue weighted by atomic mass is 10.1. The highest BCUT2D eigenvalue weighted by molar-refractivity contribution is 5.83. The molecule has 1 aliphatic heterocycles. The van der Waals surface area contributed by atoms with E-state index >= 15 is 0 Å². The van der Waals surface area contributed by atoms with Gasteiger partial charge in [0.2, 0.25) is 5.91 Å². The highest BCUT2D eigenvalue weighted by Gasteiger charge is 2.45. The zero-order valence-corrected chi connectivity index (χ0v) is 13.4. The third kappa shape index (κ3) is 2.92. The van der Waals surface area contributed by atoms with Gasteiger partial charge in [0, 0.05) is 12.0 Å². The van der Waals surface area contributed by atoms with Gasteiger partial charge in [-0.25, -0.2) is 0 Å². The van der Waals surface area contributed by atoms with E-state index < -0.39 is 5.97 Å². The molecule has 2 unspecified atom stereocenters. The van der Waals surface area contributed by atoms with Gasteiger partial charge in [-0.1, -0.05) is 6.07 Å². The zero-order chi connectivity index (χ0) is 16.7. The topological polar surface area (TPSA) is 84.9 Å². The molecular weight excluding hydrogens is 310 g/mol. The Kier molecular flexibility index (Phi) is 3.82. The smallest absolute Gasteiger partial charge is 0.306 e. The summed E-state index contributed by atoms with van der Waals surface area (Å²) in [5.41, 5.74) is 1.11. The molecule has 0 spiro atoms. The number of hydrogen-bond donors (Lipinski definition) is 2. The molecule has 6 heteroatoms. The summed E-state index contributed by atoms with van der Waals surface area (Å²) in [6.07, 6.45) is 2.78. The van der Waals surface area contributed by atoms with Crippen LogP contribution in [0, 0.1) is 11.8 Å². The van der Waals surface area contributed by atoms with Crippen molar-refractivity contribution in [1.29, 1.82) is 0 Å². The molecule has 0 aromatic heterocycles. The first-order valence-corrected chi connectivity index (χ1v) is 8.54. The average Bonchev–Trinajstić information content (AvgIpc) is 3.26. The van der Waals surface area contributed by atoms with Crippen LogP contribution in [-0.2, 0) is 9.59 Å². The Bertz CT molecular complexity index is 673. The molecule has 24 heavy (non-hydrogen) atoms. The molecule has 2 fully saturated rings. The van der Waals surface area contributed by atoms with Crippen LogP contribution in [0.25, 0.3) is 0 Å². The Morgan fingerprint density at radius 2 is 1.88 bits per heavy atom. The largest absolute Gasteiger partial charge is 0.486 e. The number of hydrogen-bond acceptors (Lipinski definition) is 4. The third-order valence-corrected chi connectivity index (χ3v) is 5.25. The lowest BCUT2D eigenvalue weighted by molar-refractivity contribution is -0.141. The molecule has 128 valence electrons. The van der Waals surface area contributed by atoms with Gasteiger partial charge >= 0.3 is 5.97 Å². The van der Waals surface area contributed by atoms with Gasteiger partial charge < -0.3 is 19.9 Å². The molecule has 3 aliphatic rings. The molecular formula is C18H21NO5. The van der Waals surface area contributed by atoms with E-state index in [2.05, 4.69) is 5.32 Å². The number of carboxylic acid groups (broad SMARTS) is 1. The molecule has 2 saturated carbocycles. The molecule has 2 aliphatic carbocycles. The van der Waals surface area contributed by atoms with Crippen LogP contribution in [0.1, 0.15) is 37.2 Å². The molecule has 1 aromatic rings. The number of carboxylic acids is 1. The van der Waals surface area contributed by atoms with E-state index in [9.17, 15) is 9.59 Å². The summed E-state index contributed by atoms with van der Waals surface area (Å²) in [5.74, 6) is 0.692. The summed E-state index contributed by atoms with van der Waals surface area (Å²) in [5, 5.41) is 12.1. The van der Waals surface area contributed by atoms with Crippen LogP contribution in [0.2, 0.25) is 0 Å². The quantitative estimate of drug-likeness (QED) is 0.881. The maximum absolute atomic E-state index is 12.4. The summed E-state index contributed by atoms with van der Waals surface area (Å²) >= 11 is 0. The van der Waals surface area contributed by atoms with E-state index in [0.29, 0.717) is 26.1 Å². The summed E-state index contributed by atoms with van der Waals surface area (Å²) in [4.78, 5) is 23.4. The number of fused-ring (bicyclic) bond motifs is 1. The number of aliphatic carboxylic acids is 1. The highest BCUT2D eigenvalue weighted by atomic mass is 16.6. The van der Waals surface area contributed by atoms with E-state index in [1.54, 1.807) is 0 Å². The standard InChI is InChI=1S/C18H21NO5/c20-17(19-12-3-1-11(7-12)18(21)22)14-9-13(14)10-2-4-15-16(8-10)24-6-5-23-15/h2,4,8,11-14H,1,3,5-7,9H2,(H,19,20)(H,21,22)/t11-,12+,13?,14?/m1/s1. The number of nitrogens with one attached hydrogen (secondary N) is 1. The van der Waals surface area contributed by atoms with E-state index in [4.69, 9.17) is 14.6 Å². The van der Waals surface area contributed by atoms with Gasteiger partial charge in [-0.15, -0.1) is 0 Å². The van der Waals surface area contributed by atoms with Crippen LogP contribution >= 0.6 is 0 Å². The highest BCUT2D eigenvalue weighted by Crippen LogP contribution is 2.49. The van der Waals surface area contributed by atoms with Crippen LogP contribution < -0.4 is 14.8 Å². The summed E-state index contributed by atoms with van der Waals surface area (Å²) < 4.78 is 11.1. The van der Waals surface area contributed by atoms with Gasteiger partial charge in [0.05, 0.1) is 5.92 Å². The first-order chi connectivity index (χ1) is 11.6. The minimum absolute atomic E-state index is 0.000108. The van der Waals surface area contributed by atoms with Gasteiger partial charge in [0.15, 0.2) is 11.5 Å². The Hall–Kier alpha value is -2.24. The van der Waals surface area contributed by atoms with E-state index in [1.165, 1.54) is 0 Å². The minimum atomic E-state index is -0.757. The monoisotopic (exact) mass is 331 g/mol. The maximum atomic E-state index is 12.4. The van der Waals surface area contributed by atoms with Crippen molar-refractivity contribution in [2.45, 2.75) is 37.6 Å². The molecule has 0 bridgehead atoms. The number of rotatable bonds is 4. The third-order valence-electron chi connectivity index (χ3n) is 5.25. The number of carbonyl (C=O) groups is 2. The number of benzene rings is 1. The number of amides is 1. The predicted molar refractivity (Wildman–Crippen MR) is 85.2 cm³/mol. The van der Waals surface area contributed by atoms with Gasteiger partial charge in [-0.2, -0.15) is 0 Å². The van der Waals surface area contributed by atoms with Crippen molar-refractivity contribution < 1.29 is 24.2 Å². The van der Waals surface area contributed by atoms with Gasteiger partial charge in [-0.3, -0.25) is 9.59 Å². The van der Waals surface area contributed by atoms with Crippen LogP contribution in [0.3, 0.4) is 0 Å². The lowest BCUT2D eigenvalue weighted by Crippen LogP contribution is -2.34. The SMILES string of the molecule is O=C(N[C@H]1CC[C@@H](C(=O)O)C1)C1CC1c1ccc2c(c1)OCCO2. The van der Waals surface area contributed by atoms with Crippen molar-refractivity contribution in [1.82, 2.24) is 5.32 Å². The Labute approximate surface area is 140 Å². The molecule has 1 heterocycles. The second-order valence-electron chi connectivity index (χ2n) is 6.91. The Balaban J connectivity index is 1.34. The maximum Gasteiger partial charge on any atom is 0.306 e. The van der Waals surface area contributed by atoms with Crippen molar-refractivity contribution in [2.24, 2.45) is 11.8 Å². The Morgan fingerprint density at radius 3 is 2.62 bits per heavy atom. The molecule has 1 aromatic carbocycles. The van der Waals surface area contributed by atoms with Crippen molar-refractivity contribution in [2.75, 3.05) is 13.2 Å². The Morgan fingerprint density at radius 1 is 1.08 bits per heavy atom. The van der Waals surface area contributed by atoms with Gasteiger partial charge in [0.1, 0.15) is 13.2 Å². The summed E-state index contributed by atoms with van der Waals surface area (Å²) in [6.45, 7) is 1.12. The molecule has 2 N–H and O–H groups in total. The second kappa shape index (κ2) is 6.00. The fourth-order valence-corrected chi connectivity index (χ4v) is 3.79. The molecule has 4 atom stereocenters. The second-order valence-corrected chi connectivity index (χ2v) is 6.91. The average molecular weight is 331 g/mol. The minimum Gasteiger partial charge on any atom is -0.486 e.